The lowest BCUT2D eigenvalue weighted by atomic mass is 10.2. The van der Waals surface area contributed by atoms with Gasteiger partial charge in [0.25, 0.3) is 0 Å². The number of anilines is 1. The zero-order chi connectivity index (χ0) is 19.3. The molecule has 0 atom stereocenters. The van der Waals surface area contributed by atoms with Crippen LogP contribution in [0.4, 0.5) is 5.69 Å². The number of sulfonamides is 1. The molecule has 0 spiro atoms. The van der Waals surface area contributed by atoms with Crippen molar-refractivity contribution < 1.29 is 17.9 Å². The Morgan fingerprint density at radius 2 is 1.88 bits per heavy atom. The van der Waals surface area contributed by atoms with E-state index in [-0.39, 0.29) is 10.6 Å². The van der Waals surface area contributed by atoms with E-state index in [9.17, 15) is 13.2 Å². The third-order valence-electron chi connectivity index (χ3n) is 3.53. The van der Waals surface area contributed by atoms with Gasteiger partial charge in [0.2, 0.25) is 15.9 Å². The van der Waals surface area contributed by atoms with E-state index in [4.69, 9.17) is 16.3 Å². The Morgan fingerprint density at radius 1 is 1.19 bits per heavy atom. The average Bonchev–Trinajstić information content (AvgIpc) is 2.60. The van der Waals surface area contributed by atoms with Crippen molar-refractivity contribution in [2.45, 2.75) is 4.90 Å². The van der Waals surface area contributed by atoms with Crippen molar-refractivity contribution in [3.63, 3.8) is 0 Å². The molecule has 0 aliphatic carbocycles. The maximum Gasteiger partial charge on any atom is 0.248 e. The minimum Gasteiger partial charge on any atom is -0.495 e. The first-order chi connectivity index (χ1) is 12.3. The Hall–Kier alpha value is -2.35. The molecular weight excluding hydrogens is 376 g/mol. The Morgan fingerprint density at radius 3 is 2.50 bits per heavy atom. The van der Waals surface area contributed by atoms with Crippen LogP contribution < -0.4 is 10.1 Å². The zero-order valence-corrected chi connectivity index (χ0v) is 16.1. The van der Waals surface area contributed by atoms with Gasteiger partial charge in [-0.25, -0.2) is 12.7 Å². The number of hydrogen-bond donors (Lipinski definition) is 1. The van der Waals surface area contributed by atoms with Crippen molar-refractivity contribution >= 4 is 39.3 Å². The summed E-state index contributed by atoms with van der Waals surface area (Å²) >= 11 is 6.04. The lowest BCUT2D eigenvalue weighted by Crippen LogP contribution is -2.22. The first-order valence-corrected chi connectivity index (χ1v) is 9.41. The number of methoxy groups -OCH3 is 1. The number of nitrogens with zero attached hydrogens (tertiary/aromatic N) is 1. The molecule has 2 aromatic rings. The smallest absolute Gasteiger partial charge is 0.248 e. The molecule has 138 valence electrons. The van der Waals surface area contributed by atoms with Gasteiger partial charge in [-0.1, -0.05) is 29.8 Å². The number of ether oxygens (including phenoxy) is 1. The van der Waals surface area contributed by atoms with Gasteiger partial charge >= 0.3 is 0 Å². The van der Waals surface area contributed by atoms with E-state index in [1.807, 2.05) is 6.07 Å². The summed E-state index contributed by atoms with van der Waals surface area (Å²) in [5.41, 5.74) is 0.949. The molecule has 6 nitrogen and oxygen atoms in total. The van der Waals surface area contributed by atoms with Crippen LogP contribution in [0, 0.1) is 0 Å². The summed E-state index contributed by atoms with van der Waals surface area (Å²) in [6.07, 6.45) is 2.89. The number of carbonyl (C=O) groups is 1. The number of halogens is 1. The molecule has 8 heteroatoms. The minimum atomic E-state index is -3.63. The van der Waals surface area contributed by atoms with Crippen LogP contribution in [0.3, 0.4) is 0 Å². The molecular formula is C18H19ClN2O4S. The molecule has 2 aromatic carbocycles. The highest BCUT2D eigenvalue weighted by atomic mass is 35.5. The van der Waals surface area contributed by atoms with Crippen molar-refractivity contribution in [1.82, 2.24) is 4.31 Å². The van der Waals surface area contributed by atoms with E-state index in [0.29, 0.717) is 16.3 Å². The second kappa shape index (κ2) is 8.35. The number of hydrogen-bond acceptors (Lipinski definition) is 4. The van der Waals surface area contributed by atoms with Crippen LogP contribution in [0.15, 0.2) is 53.4 Å². The molecule has 26 heavy (non-hydrogen) atoms. The normalized spacial score (nSPS) is 11.7. The fourth-order valence-corrected chi connectivity index (χ4v) is 3.23. The minimum absolute atomic E-state index is 0.0497. The Kier molecular flexibility index (Phi) is 6.42. The predicted octanol–water partition coefficient (Wildman–Crippen LogP) is 3.25. The van der Waals surface area contributed by atoms with Gasteiger partial charge in [0.05, 0.1) is 17.7 Å². The maximum atomic E-state index is 12.3. The Balaban J connectivity index is 2.27. The molecule has 0 saturated heterocycles. The third kappa shape index (κ3) is 4.63. The average molecular weight is 395 g/mol. The van der Waals surface area contributed by atoms with Crippen LogP contribution in [0.1, 0.15) is 5.56 Å². The summed E-state index contributed by atoms with van der Waals surface area (Å²) in [6.45, 7) is 0. The highest BCUT2D eigenvalue weighted by Gasteiger charge is 2.19. The van der Waals surface area contributed by atoms with Crippen molar-refractivity contribution in [1.29, 1.82) is 0 Å². The van der Waals surface area contributed by atoms with Crippen LogP contribution in [0.5, 0.6) is 5.75 Å². The van der Waals surface area contributed by atoms with Gasteiger partial charge in [0.1, 0.15) is 5.75 Å². The van der Waals surface area contributed by atoms with Crippen LogP contribution in [0.2, 0.25) is 5.02 Å². The number of rotatable bonds is 6. The van der Waals surface area contributed by atoms with Crippen molar-refractivity contribution in [3.05, 3.63) is 59.1 Å². The molecule has 1 N–H and O–H groups in total. The van der Waals surface area contributed by atoms with E-state index in [1.165, 1.54) is 45.5 Å². The standard InChI is InChI=1S/C18H19ClN2O4S/c1-21(2)26(23,24)14-9-10-17(25-3)16(12-14)20-18(22)11-8-13-6-4-5-7-15(13)19/h4-12H,1-3H3,(H,20,22). The molecule has 2 rings (SSSR count). The van der Waals surface area contributed by atoms with E-state index < -0.39 is 15.9 Å². The number of benzene rings is 2. The van der Waals surface area contributed by atoms with Crippen LogP contribution in [0.25, 0.3) is 6.08 Å². The van der Waals surface area contributed by atoms with Gasteiger partial charge in [-0.2, -0.15) is 0 Å². The monoisotopic (exact) mass is 394 g/mol. The first-order valence-electron chi connectivity index (χ1n) is 7.60. The summed E-state index contributed by atoms with van der Waals surface area (Å²) in [7, 11) is 0.675. The first kappa shape index (κ1) is 20.0. The quantitative estimate of drug-likeness (QED) is 0.763. The van der Waals surface area contributed by atoms with E-state index in [1.54, 1.807) is 24.3 Å². The number of carbonyl (C=O) groups excluding carboxylic acids is 1. The highest BCUT2D eigenvalue weighted by Crippen LogP contribution is 2.28. The molecule has 0 unspecified atom stereocenters. The van der Waals surface area contributed by atoms with Crippen LogP contribution >= 0.6 is 11.6 Å². The second-order valence-electron chi connectivity index (χ2n) is 5.49. The van der Waals surface area contributed by atoms with Gasteiger partial charge in [0.15, 0.2) is 0 Å². The predicted molar refractivity (Wildman–Crippen MR) is 103 cm³/mol. The largest absolute Gasteiger partial charge is 0.495 e. The fourth-order valence-electron chi connectivity index (χ4n) is 2.11. The van der Waals surface area contributed by atoms with Gasteiger partial charge < -0.3 is 10.1 Å². The molecule has 0 heterocycles. The Labute approximate surface area is 158 Å². The van der Waals surface area contributed by atoms with Crippen LogP contribution in [-0.4, -0.2) is 39.8 Å². The van der Waals surface area contributed by atoms with Crippen molar-refractivity contribution in [3.8, 4) is 5.75 Å². The topological polar surface area (TPSA) is 75.7 Å². The molecule has 0 aromatic heterocycles. The van der Waals surface area contributed by atoms with Crippen LogP contribution in [-0.2, 0) is 14.8 Å². The van der Waals surface area contributed by atoms with E-state index in [0.717, 1.165) is 4.31 Å². The highest BCUT2D eigenvalue weighted by molar-refractivity contribution is 7.89. The molecule has 0 fully saturated rings. The summed E-state index contributed by atoms with van der Waals surface area (Å²) in [5, 5.41) is 3.15. The zero-order valence-electron chi connectivity index (χ0n) is 14.6. The van der Waals surface area contributed by atoms with Gasteiger partial charge in [0, 0.05) is 25.2 Å². The second-order valence-corrected chi connectivity index (χ2v) is 8.05. The lowest BCUT2D eigenvalue weighted by molar-refractivity contribution is -0.111. The third-order valence-corrected chi connectivity index (χ3v) is 5.68. The van der Waals surface area contributed by atoms with Crippen molar-refractivity contribution in [2.24, 2.45) is 0 Å². The summed E-state index contributed by atoms with van der Waals surface area (Å²) in [5.74, 6) is -0.0928. The molecule has 0 aliphatic heterocycles. The van der Waals surface area contributed by atoms with Crippen molar-refractivity contribution in [2.75, 3.05) is 26.5 Å². The number of amides is 1. The van der Waals surface area contributed by atoms with Gasteiger partial charge in [-0.05, 0) is 35.9 Å². The molecule has 0 bridgehead atoms. The van der Waals surface area contributed by atoms with Gasteiger partial charge in [-0.3, -0.25) is 4.79 Å². The maximum absolute atomic E-state index is 12.3. The summed E-state index contributed by atoms with van der Waals surface area (Å²) in [4.78, 5) is 12.3. The van der Waals surface area contributed by atoms with E-state index >= 15 is 0 Å². The SMILES string of the molecule is COc1ccc(S(=O)(=O)N(C)C)cc1NC(=O)C=Cc1ccccc1Cl. The fraction of sp³-hybridized carbons (Fsp3) is 0.167. The lowest BCUT2D eigenvalue weighted by Gasteiger charge is -2.14. The molecule has 0 aliphatic rings. The summed E-state index contributed by atoms with van der Waals surface area (Å²) in [6, 6.07) is 11.4. The summed E-state index contributed by atoms with van der Waals surface area (Å²) < 4.78 is 30.8. The van der Waals surface area contributed by atoms with E-state index in [2.05, 4.69) is 5.32 Å². The molecule has 0 saturated carbocycles. The van der Waals surface area contributed by atoms with Gasteiger partial charge in [-0.15, -0.1) is 0 Å². The number of nitrogens with one attached hydrogen (secondary N) is 1. The Bertz CT molecular complexity index is 940. The molecule has 1 amide bonds. The molecule has 0 radical (unpaired) electrons.